The number of aliphatic carboxylic acids is 1. The maximum Gasteiger partial charge on any atom is 0.323 e. The summed E-state index contributed by atoms with van der Waals surface area (Å²) in [5, 5.41) is 41.7. The van der Waals surface area contributed by atoms with Crippen molar-refractivity contribution in [2.24, 2.45) is 0 Å². The van der Waals surface area contributed by atoms with Crippen molar-refractivity contribution in [3.05, 3.63) is 105 Å². The number of nitrogens with zero attached hydrogens (tertiary/aromatic N) is 4. The molecule has 2 aliphatic heterocycles. The molecule has 0 aliphatic carbocycles. The Balaban J connectivity index is 1.18. The fraction of sp³-hybridized carbons (Fsp3) is 0.359. The number of aliphatic hydroxyl groups excluding tert-OH is 2. The molecule has 0 amide bonds. The van der Waals surface area contributed by atoms with Gasteiger partial charge in [-0.15, -0.1) is 0 Å². The Morgan fingerprint density at radius 3 is 2.60 bits per heavy atom. The second kappa shape index (κ2) is 17.4. The molecule has 2 unspecified atom stereocenters. The minimum atomic E-state index is -1.19. The fourth-order valence-corrected chi connectivity index (χ4v) is 7.27. The van der Waals surface area contributed by atoms with E-state index in [0.717, 1.165) is 68.7 Å². The molecule has 2 aliphatic rings. The molecule has 0 bridgehead atoms. The average Bonchev–Trinajstić information content (AvgIpc) is 3.77. The van der Waals surface area contributed by atoms with E-state index in [2.05, 4.69) is 44.4 Å². The van der Waals surface area contributed by atoms with E-state index >= 15 is 0 Å². The number of hydrogen-bond donors (Lipinski definition) is 4. The molecule has 272 valence electrons. The van der Waals surface area contributed by atoms with Crippen molar-refractivity contribution in [1.29, 1.82) is 5.26 Å². The van der Waals surface area contributed by atoms with Gasteiger partial charge in [0, 0.05) is 79.1 Å². The molecule has 4 aromatic rings. The van der Waals surface area contributed by atoms with Crippen LogP contribution in [0.2, 0.25) is 10.0 Å². The Kier molecular flexibility index (Phi) is 12.5. The number of benzene rings is 3. The highest BCUT2D eigenvalue weighted by Crippen LogP contribution is 2.41. The number of fused-ring (bicyclic) bond motifs is 1. The van der Waals surface area contributed by atoms with Crippen LogP contribution in [0.3, 0.4) is 0 Å². The van der Waals surface area contributed by atoms with Gasteiger partial charge >= 0.3 is 5.97 Å². The number of aliphatic hydroxyl groups is 2. The van der Waals surface area contributed by atoms with Gasteiger partial charge in [0.15, 0.2) is 0 Å². The summed E-state index contributed by atoms with van der Waals surface area (Å²) in [4.78, 5) is 20.4. The first-order valence-electron chi connectivity index (χ1n) is 17.3. The number of ether oxygens (including phenoxy) is 2. The first-order valence-corrected chi connectivity index (χ1v) is 18.0. The lowest BCUT2D eigenvalue weighted by atomic mass is 9.96. The van der Waals surface area contributed by atoms with Crippen LogP contribution in [-0.2, 0) is 31.0 Å². The fourth-order valence-electron chi connectivity index (χ4n) is 6.75. The third-order valence-corrected chi connectivity index (χ3v) is 10.2. The van der Waals surface area contributed by atoms with Crippen LogP contribution in [0.4, 0.5) is 5.69 Å². The zero-order valence-electron chi connectivity index (χ0n) is 28.6. The number of rotatable bonds is 16. The predicted octanol–water partition coefficient (Wildman–Crippen LogP) is 5.44. The number of pyridine rings is 1. The van der Waals surface area contributed by atoms with Crippen molar-refractivity contribution in [1.82, 2.24) is 15.2 Å². The van der Waals surface area contributed by atoms with Crippen molar-refractivity contribution in [2.75, 3.05) is 44.2 Å². The number of likely N-dealkylation sites (tertiary alicyclic amines) is 1. The summed E-state index contributed by atoms with van der Waals surface area (Å²) in [6.45, 7) is 4.25. The number of hydrogen-bond acceptors (Lipinski definition) is 10. The molecule has 1 fully saturated rings. The number of nitriles is 1. The average molecular weight is 747 g/mol. The van der Waals surface area contributed by atoms with E-state index in [-0.39, 0.29) is 30.9 Å². The van der Waals surface area contributed by atoms with E-state index < -0.39 is 18.6 Å². The van der Waals surface area contributed by atoms with Gasteiger partial charge in [-0.1, -0.05) is 53.5 Å². The highest BCUT2D eigenvalue weighted by Gasteiger charge is 2.25. The maximum absolute atomic E-state index is 11.5. The molecule has 13 heteroatoms. The van der Waals surface area contributed by atoms with E-state index in [4.69, 9.17) is 32.7 Å². The smallest absolute Gasteiger partial charge is 0.323 e. The lowest BCUT2D eigenvalue weighted by Gasteiger charge is -2.22. The van der Waals surface area contributed by atoms with Gasteiger partial charge in [-0.25, -0.2) is 0 Å². The zero-order valence-corrected chi connectivity index (χ0v) is 30.1. The lowest BCUT2D eigenvalue weighted by Crippen LogP contribution is -2.39. The number of aromatic nitrogens is 1. The number of carbonyl (C=O) groups is 1. The summed E-state index contributed by atoms with van der Waals surface area (Å²) < 4.78 is 12.4. The van der Waals surface area contributed by atoms with E-state index in [1.54, 1.807) is 24.4 Å². The molecule has 0 spiro atoms. The first-order chi connectivity index (χ1) is 25.2. The van der Waals surface area contributed by atoms with Crippen molar-refractivity contribution >= 4 is 34.9 Å². The number of β-amino-alcohol motifs (C(OH)–C–C–N with tert-alkyl or cyclic N) is 1. The summed E-state index contributed by atoms with van der Waals surface area (Å²) in [5.74, 6) is -0.483. The molecule has 3 heterocycles. The summed E-state index contributed by atoms with van der Waals surface area (Å²) in [7, 11) is 0. The van der Waals surface area contributed by atoms with Crippen molar-refractivity contribution < 1.29 is 29.6 Å². The summed E-state index contributed by atoms with van der Waals surface area (Å²) >= 11 is 13.8. The van der Waals surface area contributed by atoms with E-state index in [9.17, 15) is 25.4 Å². The Labute approximate surface area is 312 Å². The van der Waals surface area contributed by atoms with Gasteiger partial charge in [0.25, 0.3) is 0 Å². The van der Waals surface area contributed by atoms with Gasteiger partial charge in [0.2, 0.25) is 0 Å². The number of carboxylic acids is 1. The second-order valence-corrected chi connectivity index (χ2v) is 13.8. The van der Waals surface area contributed by atoms with E-state index in [1.807, 2.05) is 18.2 Å². The summed E-state index contributed by atoms with van der Waals surface area (Å²) in [5.41, 5.74) is 6.90. The standard InChI is InChI=1S/C39H41Cl2N5O6/c40-33-15-28(20-44-34(22-47)39(49)50)36(51-23-26-14-25(17-42)18-43-19-26)16-37(33)52-24-27-4-1-6-32(38(27)41)30-5-2-7-35-31(30)9-13-46(35)11-3-10-45-12-8-29(48)21-45/h1-2,4-7,14-16,18-19,29,34,44,47-48H,3,8-13,20-24H2,(H,49,50). The highest BCUT2D eigenvalue weighted by molar-refractivity contribution is 6.34. The SMILES string of the molecule is N#Cc1cncc(COc2cc(OCc3cccc(-c4cccc5c4CCN5CCCN4CCC(O)C4)c3Cl)c(Cl)cc2CNC(CO)C(=O)O)c1. The van der Waals surface area contributed by atoms with Crippen molar-refractivity contribution in [3.63, 3.8) is 0 Å². The number of halogens is 2. The van der Waals surface area contributed by atoms with Crippen LogP contribution < -0.4 is 19.7 Å². The van der Waals surface area contributed by atoms with Crippen LogP contribution >= 0.6 is 23.2 Å². The van der Waals surface area contributed by atoms with Crippen molar-refractivity contribution in [3.8, 4) is 28.7 Å². The van der Waals surface area contributed by atoms with Crippen LogP contribution in [0.25, 0.3) is 11.1 Å². The largest absolute Gasteiger partial charge is 0.488 e. The molecule has 11 nitrogen and oxygen atoms in total. The van der Waals surface area contributed by atoms with Gasteiger partial charge in [0.1, 0.15) is 36.8 Å². The summed E-state index contributed by atoms with van der Waals surface area (Å²) in [6, 6.07) is 18.1. The van der Waals surface area contributed by atoms with Crippen LogP contribution in [0.15, 0.2) is 67.0 Å². The minimum absolute atomic E-state index is 0.0403. The molecule has 3 aromatic carbocycles. The normalized spacial score (nSPS) is 16.1. The molecule has 6 rings (SSSR count). The second-order valence-electron chi connectivity index (χ2n) is 13.0. The maximum atomic E-state index is 11.5. The predicted molar refractivity (Wildman–Crippen MR) is 199 cm³/mol. The third-order valence-electron chi connectivity index (χ3n) is 9.48. The molecule has 4 N–H and O–H groups in total. The van der Waals surface area contributed by atoms with E-state index in [1.165, 1.54) is 17.4 Å². The zero-order chi connectivity index (χ0) is 36.6. The van der Waals surface area contributed by atoms with Gasteiger partial charge in [-0.3, -0.25) is 15.1 Å². The van der Waals surface area contributed by atoms with Crippen LogP contribution in [0.1, 0.15) is 40.7 Å². The molecular weight excluding hydrogens is 705 g/mol. The van der Waals surface area contributed by atoms with Gasteiger partial charge in [-0.2, -0.15) is 5.26 Å². The van der Waals surface area contributed by atoms with Crippen LogP contribution in [0, 0.1) is 11.3 Å². The van der Waals surface area contributed by atoms with Crippen molar-refractivity contribution in [2.45, 2.75) is 51.2 Å². The number of nitrogens with one attached hydrogen (secondary N) is 1. The molecular formula is C39H41Cl2N5O6. The Morgan fingerprint density at radius 1 is 1.02 bits per heavy atom. The Bertz CT molecular complexity index is 1940. The molecule has 2 atom stereocenters. The van der Waals surface area contributed by atoms with Crippen LogP contribution in [-0.4, -0.2) is 82.6 Å². The molecule has 1 saturated heterocycles. The topological polar surface area (TPSA) is 151 Å². The molecule has 1 aromatic heterocycles. The third kappa shape index (κ3) is 8.96. The van der Waals surface area contributed by atoms with Gasteiger partial charge in [0.05, 0.1) is 28.3 Å². The van der Waals surface area contributed by atoms with E-state index in [0.29, 0.717) is 33.2 Å². The highest BCUT2D eigenvalue weighted by atomic mass is 35.5. The Morgan fingerprint density at radius 2 is 1.83 bits per heavy atom. The monoisotopic (exact) mass is 745 g/mol. The van der Waals surface area contributed by atoms with Gasteiger partial charge < -0.3 is 34.6 Å². The number of carboxylic acid groups (broad SMARTS) is 1. The quantitative estimate of drug-likeness (QED) is 0.116. The summed E-state index contributed by atoms with van der Waals surface area (Å²) in [6.07, 6.45) is 5.66. The molecule has 52 heavy (non-hydrogen) atoms. The minimum Gasteiger partial charge on any atom is -0.488 e. The first kappa shape index (κ1) is 37.4. The molecule has 0 radical (unpaired) electrons. The number of anilines is 1. The Hall–Kier alpha value is -4.41. The lowest BCUT2D eigenvalue weighted by molar-refractivity contribution is -0.140. The van der Waals surface area contributed by atoms with Crippen LogP contribution in [0.5, 0.6) is 11.5 Å². The van der Waals surface area contributed by atoms with Gasteiger partial charge in [-0.05, 0) is 55.1 Å². The molecule has 0 saturated carbocycles.